The number of esters is 1. The van der Waals surface area contributed by atoms with Gasteiger partial charge in [0.1, 0.15) is 0 Å². The van der Waals surface area contributed by atoms with E-state index in [4.69, 9.17) is 4.74 Å². The monoisotopic (exact) mass is 1090 g/mol. The molecule has 0 fully saturated rings. The third-order valence-corrected chi connectivity index (χ3v) is 16.1. The number of aliphatic hydroxyl groups excluding tert-OH is 2. The molecular weight excluding hydrogens is 959 g/mol. The normalized spacial score (nSPS) is 12.8. The molecule has 6 nitrogen and oxygen atoms in total. The number of ether oxygens (including phenoxy) is 1. The molecule has 1 amide bonds. The Bertz CT molecular complexity index is 1310. The van der Waals surface area contributed by atoms with Crippen LogP contribution < -0.4 is 5.32 Å². The highest BCUT2D eigenvalue weighted by Crippen LogP contribution is 2.18. The SMILES string of the molecule is CCCCCCC/C=C\CCCCCCCC(=O)OCCCCCCCCCCCCC/C=C\C/C=C\CCCCCCCCCCCCCCCCCCCC(=O)NC(CO)C(O)/C=C/CCCCCCCCCCCC. The van der Waals surface area contributed by atoms with Gasteiger partial charge in [-0.25, -0.2) is 0 Å². The maximum absolute atomic E-state index is 12.5. The molecule has 78 heavy (non-hydrogen) atoms. The summed E-state index contributed by atoms with van der Waals surface area (Å²) in [6.07, 6.45) is 87.7. The molecule has 0 aliphatic rings. The zero-order chi connectivity index (χ0) is 56.4. The van der Waals surface area contributed by atoms with E-state index in [2.05, 4.69) is 55.6 Å². The zero-order valence-corrected chi connectivity index (χ0v) is 52.4. The molecule has 0 bridgehead atoms. The second-order valence-corrected chi connectivity index (χ2v) is 23.9. The van der Waals surface area contributed by atoms with Crippen LogP contribution in [0.15, 0.2) is 48.6 Å². The van der Waals surface area contributed by atoms with Crippen molar-refractivity contribution in [2.24, 2.45) is 0 Å². The van der Waals surface area contributed by atoms with Crippen molar-refractivity contribution in [3.05, 3.63) is 48.6 Å². The lowest BCUT2D eigenvalue weighted by atomic mass is 10.0. The van der Waals surface area contributed by atoms with Gasteiger partial charge in [-0.1, -0.05) is 319 Å². The number of hydrogen-bond donors (Lipinski definition) is 3. The van der Waals surface area contributed by atoms with Crippen LogP contribution in [0.3, 0.4) is 0 Å². The molecule has 0 spiro atoms. The number of unbranched alkanes of at least 4 members (excludes halogenated alkanes) is 48. The summed E-state index contributed by atoms with van der Waals surface area (Å²) in [5.41, 5.74) is 0. The maximum Gasteiger partial charge on any atom is 0.305 e. The largest absolute Gasteiger partial charge is 0.466 e. The predicted molar refractivity (Wildman–Crippen MR) is 342 cm³/mol. The van der Waals surface area contributed by atoms with Crippen molar-refractivity contribution >= 4 is 11.9 Å². The van der Waals surface area contributed by atoms with E-state index in [1.165, 1.54) is 295 Å². The number of rotatable bonds is 65. The molecule has 3 N–H and O–H groups in total. The minimum atomic E-state index is -0.842. The van der Waals surface area contributed by atoms with Gasteiger partial charge in [0, 0.05) is 12.8 Å². The topological polar surface area (TPSA) is 95.9 Å². The van der Waals surface area contributed by atoms with Crippen LogP contribution in [0.4, 0.5) is 0 Å². The van der Waals surface area contributed by atoms with Crippen molar-refractivity contribution < 1.29 is 24.5 Å². The smallest absolute Gasteiger partial charge is 0.305 e. The van der Waals surface area contributed by atoms with Crippen LogP contribution in [0, 0.1) is 0 Å². The minimum Gasteiger partial charge on any atom is -0.466 e. The Morgan fingerprint density at radius 1 is 0.359 bits per heavy atom. The summed E-state index contributed by atoms with van der Waals surface area (Å²) in [5, 5.41) is 23.1. The standard InChI is InChI=1S/C72H135NO5/c1-3-5-7-9-11-13-15-17-42-46-50-54-58-62-66-72(77)78-67-63-59-55-51-47-43-40-38-36-34-32-30-28-26-24-22-20-18-19-21-23-25-27-29-31-33-35-37-39-41-45-49-53-57-61-65-71(76)73-69(68-74)70(75)64-60-56-52-48-44-16-14-12-10-8-6-4-2/h15,17,20,22,26,28,60,64,69-70,74-75H,3-14,16,18-19,21,23-25,27,29-59,61-63,65-68H2,1-2H3,(H,73,76)/b17-15-,22-20-,28-26-,64-60+. The summed E-state index contributed by atoms with van der Waals surface area (Å²) in [6, 6.07) is -0.625. The molecule has 2 atom stereocenters. The van der Waals surface area contributed by atoms with E-state index in [0.29, 0.717) is 19.4 Å². The highest BCUT2D eigenvalue weighted by molar-refractivity contribution is 5.76. The molecule has 2 unspecified atom stereocenters. The summed E-state index contributed by atoms with van der Waals surface area (Å²) in [5.74, 6) is -0.0575. The fraction of sp³-hybridized carbons (Fsp3) is 0.861. The Morgan fingerprint density at radius 3 is 0.987 bits per heavy atom. The molecule has 0 aromatic carbocycles. The quantitative estimate of drug-likeness (QED) is 0.0320. The molecule has 0 aliphatic heterocycles. The Kier molecular flexibility index (Phi) is 65.4. The zero-order valence-electron chi connectivity index (χ0n) is 52.4. The Morgan fingerprint density at radius 2 is 0.641 bits per heavy atom. The van der Waals surface area contributed by atoms with Crippen LogP contribution >= 0.6 is 0 Å². The highest BCUT2D eigenvalue weighted by atomic mass is 16.5. The highest BCUT2D eigenvalue weighted by Gasteiger charge is 2.18. The lowest BCUT2D eigenvalue weighted by Crippen LogP contribution is -2.45. The number of hydrogen-bond acceptors (Lipinski definition) is 5. The molecule has 0 aliphatic carbocycles. The van der Waals surface area contributed by atoms with Crippen molar-refractivity contribution in [1.29, 1.82) is 0 Å². The summed E-state index contributed by atoms with van der Waals surface area (Å²) in [4.78, 5) is 24.5. The first-order valence-electron chi connectivity index (χ1n) is 34.9. The summed E-state index contributed by atoms with van der Waals surface area (Å²) in [6.45, 7) is 4.90. The number of carbonyl (C=O) groups excluding carboxylic acids is 2. The molecular formula is C72H135NO5. The fourth-order valence-electron chi connectivity index (χ4n) is 10.7. The predicted octanol–water partition coefficient (Wildman–Crippen LogP) is 22.5. The van der Waals surface area contributed by atoms with Gasteiger partial charge in [0.2, 0.25) is 5.91 Å². The number of amides is 1. The van der Waals surface area contributed by atoms with Gasteiger partial charge >= 0.3 is 5.97 Å². The number of allylic oxidation sites excluding steroid dienone is 7. The van der Waals surface area contributed by atoms with Crippen LogP contribution in [0.1, 0.15) is 373 Å². The first kappa shape index (κ1) is 75.8. The molecule has 0 saturated heterocycles. The van der Waals surface area contributed by atoms with E-state index in [1.54, 1.807) is 6.08 Å². The van der Waals surface area contributed by atoms with Gasteiger partial charge < -0.3 is 20.3 Å². The lowest BCUT2D eigenvalue weighted by Gasteiger charge is -2.20. The Labute approximate surface area is 486 Å². The van der Waals surface area contributed by atoms with Gasteiger partial charge in [-0.15, -0.1) is 0 Å². The fourth-order valence-corrected chi connectivity index (χ4v) is 10.7. The van der Waals surface area contributed by atoms with E-state index in [9.17, 15) is 19.8 Å². The third-order valence-electron chi connectivity index (χ3n) is 16.1. The first-order chi connectivity index (χ1) is 38.5. The Balaban J connectivity index is 3.37. The molecule has 458 valence electrons. The van der Waals surface area contributed by atoms with E-state index in [1.807, 2.05) is 6.08 Å². The van der Waals surface area contributed by atoms with Gasteiger partial charge in [0.15, 0.2) is 0 Å². The summed E-state index contributed by atoms with van der Waals surface area (Å²) in [7, 11) is 0. The van der Waals surface area contributed by atoms with Crippen molar-refractivity contribution in [3.8, 4) is 0 Å². The van der Waals surface area contributed by atoms with Crippen molar-refractivity contribution in [2.45, 2.75) is 386 Å². The van der Waals surface area contributed by atoms with Crippen LogP contribution in [-0.2, 0) is 14.3 Å². The van der Waals surface area contributed by atoms with Crippen LogP contribution in [-0.4, -0.2) is 47.4 Å². The van der Waals surface area contributed by atoms with E-state index in [0.717, 1.165) is 51.4 Å². The summed E-state index contributed by atoms with van der Waals surface area (Å²) < 4.78 is 5.48. The van der Waals surface area contributed by atoms with Gasteiger partial charge in [-0.05, 0) is 89.9 Å². The van der Waals surface area contributed by atoms with Crippen molar-refractivity contribution in [1.82, 2.24) is 5.32 Å². The van der Waals surface area contributed by atoms with E-state index < -0.39 is 12.1 Å². The number of nitrogens with one attached hydrogen (secondary N) is 1. The average Bonchev–Trinajstić information content (AvgIpc) is 3.44. The van der Waals surface area contributed by atoms with Crippen molar-refractivity contribution in [3.63, 3.8) is 0 Å². The van der Waals surface area contributed by atoms with Gasteiger partial charge in [-0.3, -0.25) is 9.59 Å². The first-order valence-corrected chi connectivity index (χ1v) is 34.9. The van der Waals surface area contributed by atoms with E-state index >= 15 is 0 Å². The van der Waals surface area contributed by atoms with E-state index in [-0.39, 0.29) is 18.5 Å². The third kappa shape index (κ3) is 63.0. The molecule has 0 radical (unpaired) electrons. The lowest BCUT2D eigenvalue weighted by molar-refractivity contribution is -0.143. The minimum absolute atomic E-state index is 0.00794. The maximum atomic E-state index is 12.5. The van der Waals surface area contributed by atoms with Crippen LogP contribution in [0.5, 0.6) is 0 Å². The second-order valence-electron chi connectivity index (χ2n) is 23.9. The van der Waals surface area contributed by atoms with Gasteiger partial charge in [0.25, 0.3) is 0 Å². The molecule has 0 aromatic rings. The number of aliphatic hydroxyl groups is 2. The number of carbonyl (C=O) groups is 2. The molecule has 0 heterocycles. The van der Waals surface area contributed by atoms with Crippen molar-refractivity contribution in [2.75, 3.05) is 13.2 Å². The Hall–Kier alpha value is -2.18. The molecule has 0 aromatic heterocycles. The van der Waals surface area contributed by atoms with Gasteiger partial charge in [-0.2, -0.15) is 0 Å². The molecule has 0 rings (SSSR count). The average molecular weight is 1090 g/mol. The van der Waals surface area contributed by atoms with Crippen LogP contribution in [0.2, 0.25) is 0 Å². The molecule has 6 heteroatoms. The molecule has 0 saturated carbocycles. The second kappa shape index (κ2) is 67.3. The summed E-state index contributed by atoms with van der Waals surface area (Å²) >= 11 is 0. The van der Waals surface area contributed by atoms with Crippen LogP contribution in [0.25, 0.3) is 0 Å². The van der Waals surface area contributed by atoms with Gasteiger partial charge in [0.05, 0.1) is 25.4 Å².